The molecule has 1 fully saturated rings. The van der Waals surface area contributed by atoms with Crippen molar-refractivity contribution in [2.45, 2.75) is 56.9 Å². The molecule has 0 saturated heterocycles. The van der Waals surface area contributed by atoms with Gasteiger partial charge in [-0.05, 0) is 55.4 Å². The number of benzene rings is 1. The van der Waals surface area contributed by atoms with E-state index in [9.17, 15) is 4.79 Å². The first kappa shape index (κ1) is 12.7. The van der Waals surface area contributed by atoms with Crippen molar-refractivity contribution in [2.24, 2.45) is 5.73 Å². The van der Waals surface area contributed by atoms with Crippen LogP contribution in [0.3, 0.4) is 0 Å². The Morgan fingerprint density at radius 3 is 2.68 bits per heavy atom. The molecule has 19 heavy (non-hydrogen) atoms. The van der Waals surface area contributed by atoms with E-state index < -0.39 is 0 Å². The second-order valence-electron chi connectivity index (χ2n) is 6.13. The number of carbonyl (C=O) groups excluding carboxylic acids is 1. The summed E-state index contributed by atoms with van der Waals surface area (Å²) in [5.41, 5.74) is 9.73. The zero-order valence-corrected chi connectivity index (χ0v) is 11.4. The van der Waals surface area contributed by atoms with Crippen molar-refractivity contribution >= 4 is 11.6 Å². The third-order valence-electron chi connectivity index (χ3n) is 4.49. The predicted octanol–water partition coefficient (Wildman–Crippen LogP) is 2.78. The molecule has 1 aromatic rings. The Balaban J connectivity index is 1.63. The molecule has 0 heterocycles. The molecule has 1 amide bonds. The molecule has 2 aliphatic rings. The molecule has 0 spiro atoms. The van der Waals surface area contributed by atoms with Crippen LogP contribution >= 0.6 is 0 Å². The highest BCUT2D eigenvalue weighted by atomic mass is 16.1. The van der Waals surface area contributed by atoms with Gasteiger partial charge in [-0.25, -0.2) is 0 Å². The zero-order chi connectivity index (χ0) is 13.3. The van der Waals surface area contributed by atoms with Crippen LogP contribution in [0.4, 0.5) is 5.69 Å². The second kappa shape index (κ2) is 4.97. The predicted molar refractivity (Wildman–Crippen MR) is 77.1 cm³/mol. The van der Waals surface area contributed by atoms with Crippen LogP contribution in [0.1, 0.15) is 49.7 Å². The molecule has 0 unspecified atom stereocenters. The Kier molecular flexibility index (Phi) is 3.31. The number of nitrogens with one attached hydrogen (secondary N) is 1. The second-order valence-corrected chi connectivity index (χ2v) is 6.13. The fourth-order valence-corrected chi connectivity index (χ4v) is 3.43. The van der Waals surface area contributed by atoms with Crippen LogP contribution in [0.5, 0.6) is 0 Å². The maximum Gasteiger partial charge on any atom is 0.226 e. The summed E-state index contributed by atoms with van der Waals surface area (Å²) >= 11 is 0. The van der Waals surface area contributed by atoms with Gasteiger partial charge in [0.25, 0.3) is 0 Å². The van der Waals surface area contributed by atoms with Gasteiger partial charge in [0.1, 0.15) is 0 Å². The minimum absolute atomic E-state index is 0.0577. The largest absolute Gasteiger partial charge is 0.326 e. The molecular formula is C16H22N2O. The normalized spacial score (nSPS) is 20.3. The van der Waals surface area contributed by atoms with Gasteiger partial charge < -0.3 is 11.1 Å². The van der Waals surface area contributed by atoms with E-state index in [0.29, 0.717) is 6.42 Å². The van der Waals surface area contributed by atoms with Gasteiger partial charge in [0.15, 0.2) is 0 Å². The molecule has 0 atom stereocenters. The van der Waals surface area contributed by atoms with E-state index in [2.05, 4.69) is 17.4 Å². The molecule has 3 heteroatoms. The Labute approximate surface area is 114 Å². The first-order chi connectivity index (χ1) is 9.15. The molecule has 2 aliphatic carbocycles. The third kappa shape index (κ3) is 2.81. The average molecular weight is 258 g/mol. The lowest BCUT2D eigenvalue weighted by Gasteiger charge is -2.22. The van der Waals surface area contributed by atoms with Gasteiger partial charge in [-0.2, -0.15) is 0 Å². The number of hydrogen-bond donors (Lipinski definition) is 2. The summed E-state index contributed by atoms with van der Waals surface area (Å²) in [6.45, 7) is 0. The summed E-state index contributed by atoms with van der Waals surface area (Å²) in [5.74, 6) is 0.0577. The van der Waals surface area contributed by atoms with Crippen molar-refractivity contribution in [3.63, 3.8) is 0 Å². The summed E-state index contributed by atoms with van der Waals surface area (Å²) in [6, 6.07) is 6.28. The lowest BCUT2D eigenvalue weighted by atomic mass is 9.94. The van der Waals surface area contributed by atoms with Gasteiger partial charge in [-0.1, -0.05) is 18.9 Å². The van der Waals surface area contributed by atoms with E-state index in [1.807, 2.05) is 6.07 Å². The van der Waals surface area contributed by atoms with E-state index in [-0.39, 0.29) is 11.4 Å². The standard InChI is InChI=1S/C16H22N2O/c17-16(8-1-2-9-16)11-15(19)18-14-7-6-12-4-3-5-13(12)10-14/h6-7,10H,1-5,8-9,11,17H2,(H,18,19). The highest BCUT2D eigenvalue weighted by Crippen LogP contribution is 2.30. The molecule has 102 valence electrons. The van der Waals surface area contributed by atoms with Gasteiger partial charge in [-0.3, -0.25) is 4.79 Å². The van der Waals surface area contributed by atoms with Crippen molar-refractivity contribution in [1.82, 2.24) is 0 Å². The van der Waals surface area contributed by atoms with Crippen LogP contribution < -0.4 is 11.1 Å². The molecular weight excluding hydrogens is 236 g/mol. The molecule has 0 bridgehead atoms. The Bertz CT molecular complexity index is 490. The number of rotatable bonds is 3. The number of fused-ring (bicyclic) bond motifs is 1. The molecule has 3 rings (SSSR count). The van der Waals surface area contributed by atoms with E-state index in [1.165, 1.54) is 24.0 Å². The maximum atomic E-state index is 12.1. The monoisotopic (exact) mass is 258 g/mol. The van der Waals surface area contributed by atoms with Gasteiger partial charge in [0.05, 0.1) is 0 Å². The SMILES string of the molecule is NC1(CC(=O)Nc2ccc3c(c2)CCC3)CCCC1. The highest BCUT2D eigenvalue weighted by Gasteiger charge is 2.31. The fraction of sp³-hybridized carbons (Fsp3) is 0.562. The summed E-state index contributed by atoms with van der Waals surface area (Å²) < 4.78 is 0. The van der Waals surface area contributed by atoms with Gasteiger partial charge in [0.2, 0.25) is 5.91 Å². The van der Waals surface area contributed by atoms with Crippen molar-refractivity contribution in [3.05, 3.63) is 29.3 Å². The Morgan fingerprint density at radius 2 is 1.89 bits per heavy atom. The number of anilines is 1. The Morgan fingerprint density at radius 1 is 1.16 bits per heavy atom. The first-order valence-corrected chi connectivity index (χ1v) is 7.35. The molecule has 0 aromatic heterocycles. The minimum atomic E-state index is -0.263. The van der Waals surface area contributed by atoms with Crippen LogP contribution in [0.2, 0.25) is 0 Å². The molecule has 0 aliphatic heterocycles. The first-order valence-electron chi connectivity index (χ1n) is 7.35. The summed E-state index contributed by atoms with van der Waals surface area (Å²) in [7, 11) is 0. The number of aryl methyl sites for hydroxylation is 2. The van der Waals surface area contributed by atoms with E-state index in [1.54, 1.807) is 0 Å². The summed E-state index contributed by atoms with van der Waals surface area (Å²) in [5, 5.41) is 3.00. The zero-order valence-electron chi connectivity index (χ0n) is 11.4. The highest BCUT2D eigenvalue weighted by molar-refractivity contribution is 5.91. The minimum Gasteiger partial charge on any atom is -0.326 e. The van der Waals surface area contributed by atoms with Gasteiger partial charge >= 0.3 is 0 Å². The van der Waals surface area contributed by atoms with Gasteiger partial charge in [-0.15, -0.1) is 0 Å². The fourth-order valence-electron chi connectivity index (χ4n) is 3.43. The maximum absolute atomic E-state index is 12.1. The number of hydrogen-bond acceptors (Lipinski definition) is 2. The number of amides is 1. The third-order valence-corrected chi connectivity index (χ3v) is 4.49. The van der Waals surface area contributed by atoms with Gasteiger partial charge in [0, 0.05) is 17.6 Å². The van der Waals surface area contributed by atoms with Crippen LogP contribution in [-0.4, -0.2) is 11.4 Å². The van der Waals surface area contributed by atoms with Crippen molar-refractivity contribution in [3.8, 4) is 0 Å². The number of nitrogens with two attached hydrogens (primary N) is 1. The topological polar surface area (TPSA) is 55.1 Å². The lowest BCUT2D eigenvalue weighted by molar-refractivity contribution is -0.117. The quantitative estimate of drug-likeness (QED) is 0.876. The summed E-state index contributed by atoms with van der Waals surface area (Å²) in [4.78, 5) is 12.1. The van der Waals surface area contributed by atoms with Crippen LogP contribution in [-0.2, 0) is 17.6 Å². The smallest absolute Gasteiger partial charge is 0.226 e. The van der Waals surface area contributed by atoms with Crippen LogP contribution in [0, 0.1) is 0 Å². The summed E-state index contributed by atoms with van der Waals surface area (Å²) in [6.07, 6.45) is 8.26. The average Bonchev–Trinajstić information content (AvgIpc) is 2.97. The van der Waals surface area contributed by atoms with Crippen molar-refractivity contribution < 1.29 is 4.79 Å². The van der Waals surface area contributed by atoms with E-state index in [4.69, 9.17) is 5.73 Å². The van der Waals surface area contributed by atoms with E-state index >= 15 is 0 Å². The van der Waals surface area contributed by atoms with Crippen molar-refractivity contribution in [2.75, 3.05) is 5.32 Å². The van der Waals surface area contributed by atoms with E-state index in [0.717, 1.165) is 37.8 Å². The van der Waals surface area contributed by atoms with Crippen molar-refractivity contribution in [1.29, 1.82) is 0 Å². The Hall–Kier alpha value is -1.35. The van der Waals surface area contributed by atoms with Crippen LogP contribution in [0.25, 0.3) is 0 Å². The molecule has 0 radical (unpaired) electrons. The lowest BCUT2D eigenvalue weighted by Crippen LogP contribution is -2.40. The molecule has 1 saturated carbocycles. The molecule has 3 N–H and O–H groups in total. The van der Waals surface area contributed by atoms with Crippen LogP contribution in [0.15, 0.2) is 18.2 Å². The number of carbonyl (C=O) groups is 1. The molecule has 1 aromatic carbocycles. The molecule has 3 nitrogen and oxygen atoms in total.